The number of nitrogens with one attached hydrogen (secondary N) is 2. The Balaban J connectivity index is 1.69. The van der Waals surface area contributed by atoms with Gasteiger partial charge in [-0.1, -0.05) is 18.1 Å². The molecule has 1 aliphatic rings. The fourth-order valence-electron chi connectivity index (χ4n) is 2.99. The molecule has 0 bridgehead atoms. The van der Waals surface area contributed by atoms with E-state index in [4.69, 9.17) is 0 Å². The van der Waals surface area contributed by atoms with Gasteiger partial charge in [0.15, 0.2) is 0 Å². The van der Waals surface area contributed by atoms with Crippen molar-refractivity contribution < 1.29 is 9.90 Å². The van der Waals surface area contributed by atoms with Crippen LogP contribution in [0.2, 0.25) is 0 Å². The van der Waals surface area contributed by atoms with Gasteiger partial charge in [-0.05, 0) is 38.1 Å². The third kappa shape index (κ3) is 3.93. The third-order valence-electron chi connectivity index (χ3n) is 4.30. The van der Waals surface area contributed by atoms with Gasteiger partial charge < -0.3 is 15.7 Å². The van der Waals surface area contributed by atoms with Crippen LogP contribution in [-0.2, 0) is 5.60 Å². The average Bonchev–Trinajstić information content (AvgIpc) is 3.18. The Morgan fingerprint density at radius 1 is 1.42 bits per heavy atom. The number of aliphatic hydroxyl groups is 1. The summed E-state index contributed by atoms with van der Waals surface area (Å²) in [5, 5.41) is 28.0. The van der Waals surface area contributed by atoms with Crippen LogP contribution in [0.1, 0.15) is 51.3 Å². The molecule has 0 aromatic carbocycles. The summed E-state index contributed by atoms with van der Waals surface area (Å²) in [5.74, 6) is 0. The molecule has 2 amide bonds. The van der Waals surface area contributed by atoms with E-state index in [9.17, 15) is 9.90 Å². The van der Waals surface area contributed by atoms with Crippen molar-refractivity contribution in [1.29, 1.82) is 0 Å². The van der Waals surface area contributed by atoms with Crippen molar-refractivity contribution in [1.82, 2.24) is 20.3 Å². The van der Waals surface area contributed by atoms with E-state index < -0.39 is 5.60 Å². The molecule has 7 nitrogen and oxygen atoms in total. The molecule has 0 spiro atoms. The number of hydrogen-bond donors (Lipinski definition) is 3. The number of thiophene rings is 1. The normalized spacial score (nSPS) is 21.5. The minimum absolute atomic E-state index is 0.00580. The first-order chi connectivity index (χ1) is 11.4. The molecule has 1 fully saturated rings. The summed E-state index contributed by atoms with van der Waals surface area (Å²) in [7, 11) is 0. The van der Waals surface area contributed by atoms with Crippen LogP contribution in [0.15, 0.2) is 23.0 Å². The summed E-state index contributed by atoms with van der Waals surface area (Å²) in [5.41, 5.74) is 0.316. The van der Waals surface area contributed by atoms with E-state index in [1.54, 1.807) is 36.1 Å². The Bertz CT molecular complexity index is 677. The predicted octanol–water partition coefficient (Wildman–Crippen LogP) is 2.87. The summed E-state index contributed by atoms with van der Waals surface area (Å²) in [6.07, 6.45) is 5.78. The zero-order valence-corrected chi connectivity index (χ0v) is 14.7. The van der Waals surface area contributed by atoms with E-state index >= 15 is 0 Å². The van der Waals surface area contributed by atoms with E-state index in [1.165, 1.54) is 0 Å². The smallest absolute Gasteiger partial charge is 0.319 e. The molecule has 3 rings (SSSR count). The van der Waals surface area contributed by atoms with E-state index in [-0.39, 0.29) is 18.1 Å². The van der Waals surface area contributed by atoms with E-state index in [0.29, 0.717) is 5.69 Å². The van der Waals surface area contributed by atoms with Gasteiger partial charge in [-0.15, -0.1) is 5.10 Å². The molecule has 130 valence electrons. The zero-order chi connectivity index (χ0) is 17.2. The number of rotatable bonds is 4. The van der Waals surface area contributed by atoms with Gasteiger partial charge in [0.2, 0.25) is 0 Å². The second-order valence-corrected chi connectivity index (χ2v) is 7.49. The van der Waals surface area contributed by atoms with E-state index in [2.05, 4.69) is 20.9 Å². The molecular formula is C16H23N5O2S. The number of urea groups is 1. The molecule has 3 N–H and O–H groups in total. The molecule has 24 heavy (non-hydrogen) atoms. The van der Waals surface area contributed by atoms with Crippen molar-refractivity contribution in [2.24, 2.45) is 0 Å². The van der Waals surface area contributed by atoms with Gasteiger partial charge in [0.1, 0.15) is 11.3 Å². The summed E-state index contributed by atoms with van der Waals surface area (Å²) in [6, 6.07) is 1.72. The standard InChI is InChI=1S/C16H23N5O2S/c1-16(2,23)14-9-21(20-19-14)13-6-4-3-5-12(13)18-15(22)17-11-7-8-24-10-11/h7-10,12-13,23H,3-6H2,1-2H3,(H2,17,18,22)/t12-,13+/m0/s1. The first-order valence-corrected chi connectivity index (χ1v) is 9.12. The minimum Gasteiger partial charge on any atom is -0.384 e. The highest BCUT2D eigenvalue weighted by molar-refractivity contribution is 7.08. The largest absolute Gasteiger partial charge is 0.384 e. The third-order valence-corrected chi connectivity index (χ3v) is 4.99. The molecule has 0 unspecified atom stereocenters. The van der Waals surface area contributed by atoms with Crippen molar-refractivity contribution in [2.45, 2.75) is 57.2 Å². The molecule has 0 radical (unpaired) electrons. The lowest BCUT2D eigenvalue weighted by molar-refractivity contribution is 0.0736. The molecule has 2 aromatic rings. The Kier molecular flexibility index (Phi) is 4.86. The number of hydrogen-bond acceptors (Lipinski definition) is 5. The summed E-state index contributed by atoms with van der Waals surface area (Å²) >= 11 is 1.54. The second-order valence-electron chi connectivity index (χ2n) is 6.71. The molecule has 2 heterocycles. The zero-order valence-electron chi connectivity index (χ0n) is 13.9. The number of amides is 2. The molecule has 1 saturated carbocycles. The second kappa shape index (κ2) is 6.90. The fraction of sp³-hybridized carbons (Fsp3) is 0.562. The predicted molar refractivity (Wildman–Crippen MR) is 93.0 cm³/mol. The fourth-order valence-corrected chi connectivity index (χ4v) is 3.57. The quantitative estimate of drug-likeness (QED) is 0.791. The van der Waals surface area contributed by atoms with Gasteiger partial charge in [-0.3, -0.25) is 0 Å². The SMILES string of the molecule is CC(C)(O)c1cn([C@@H]2CCCC[C@@H]2NC(=O)Nc2ccsc2)nn1. The van der Waals surface area contributed by atoms with Crippen molar-refractivity contribution in [2.75, 3.05) is 5.32 Å². The molecule has 0 saturated heterocycles. The number of carbonyl (C=O) groups is 1. The van der Waals surface area contributed by atoms with E-state index in [0.717, 1.165) is 31.4 Å². The van der Waals surface area contributed by atoms with Crippen LogP contribution < -0.4 is 10.6 Å². The Morgan fingerprint density at radius 2 is 2.21 bits per heavy atom. The maximum absolute atomic E-state index is 12.2. The summed E-state index contributed by atoms with van der Waals surface area (Å²) < 4.78 is 1.78. The van der Waals surface area contributed by atoms with Crippen molar-refractivity contribution in [3.05, 3.63) is 28.7 Å². The van der Waals surface area contributed by atoms with Crippen molar-refractivity contribution >= 4 is 23.1 Å². The van der Waals surface area contributed by atoms with Crippen LogP contribution >= 0.6 is 11.3 Å². The first-order valence-electron chi connectivity index (χ1n) is 8.18. The van der Waals surface area contributed by atoms with Crippen LogP contribution in [0, 0.1) is 0 Å². The highest BCUT2D eigenvalue weighted by atomic mass is 32.1. The molecule has 1 aliphatic carbocycles. The monoisotopic (exact) mass is 349 g/mol. The lowest BCUT2D eigenvalue weighted by Gasteiger charge is -2.32. The highest BCUT2D eigenvalue weighted by Crippen LogP contribution is 2.29. The topological polar surface area (TPSA) is 92.1 Å². The molecular weight excluding hydrogens is 326 g/mol. The van der Waals surface area contributed by atoms with Gasteiger partial charge in [0.25, 0.3) is 0 Å². The number of aromatic nitrogens is 3. The molecule has 2 aromatic heterocycles. The summed E-state index contributed by atoms with van der Waals surface area (Å²) in [4.78, 5) is 12.2. The summed E-state index contributed by atoms with van der Waals surface area (Å²) in [6.45, 7) is 3.37. The number of anilines is 1. The number of carbonyl (C=O) groups excluding carboxylic acids is 1. The first kappa shape index (κ1) is 16.9. The molecule has 2 atom stereocenters. The Labute approximate surface area is 145 Å². The number of nitrogens with zero attached hydrogens (tertiary/aromatic N) is 3. The van der Waals surface area contributed by atoms with Crippen LogP contribution in [-0.4, -0.2) is 32.2 Å². The molecule has 8 heteroatoms. The Hall–Kier alpha value is -1.93. The highest BCUT2D eigenvalue weighted by Gasteiger charge is 2.30. The van der Waals surface area contributed by atoms with Crippen molar-refractivity contribution in [3.63, 3.8) is 0 Å². The minimum atomic E-state index is -1.02. The van der Waals surface area contributed by atoms with Crippen LogP contribution in [0.25, 0.3) is 0 Å². The van der Waals surface area contributed by atoms with Gasteiger partial charge in [-0.25, -0.2) is 9.48 Å². The van der Waals surface area contributed by atoms with Crippen molar-refractivity contribution in [3.8, 4) is 0 Å². The van der Waals surface area contributed by atoms with Crippen LogP contribution in [0.4, 0.5) is 10.5 Å². The lowest BCUT2D eigenvalue weighted by Crippen LogP contribution is -2.45. The Morgan fingerprint density at radius 3 is 2.88 bits per heavy atom. The maximum atomic E-state index is 12.2. The van der Waals surface area contributed by atoms with Gasteiger partial charge in [0.05, 0.1) is 24.0 Å². The van der Waals surface area contributed by atoms with Gasteiger partial charge >= 0.3 is 6.03 Å². The van der Waals surface area contributed by atoms with Gasteiger partial charge in [0, 0.05) is 5.38 Å². The van der Waals surface area contributed by atoms with Gasteiger partial charge in [-0.2, -0.15) is 11.3 Å². The maximum Gasteiger partial charge on any atom is 0.319 e. The van der Waals surface area contributed by atoms with Crippen LogP contribution in [0.3, 0.4) is 0 Å². The van der Waals surface area contributed by atoms with Crippen LogP contribution in [0.5, 0.6) is 0 Å². The average molecular weight is 349 g/mol. The van der Waals surface area contributed by atoms with E-state index in [1.807, 2.05) is 16.8 Å². The lowest BCUT2D eigenvalue weighted by atomic mass is 9.90. The molecule has 0 aliphatic heterocycles.